The predicted molar refractivity (Wildman–Crippen MR) is 54.2 cm³/mol. The topological polar surface area (TPSA) is 0 Å². The fraction of sp³-hybridized carbons (Fsp3) is 0.364. The minimum atomic E-state index is -0.247. The van der Waals surface area contributed by atoms with Crippen LogP contribution in [-0.4, -0.2) is 0 Å². The molecule has 1 heteroatoms. The molecule has 1 unspecified atom stereocenters. The van der Waals surface area contributed by atoms with Gasteiger partial charge in [-0.15, -0.1) is 11.6 Å². The second-order valence-corrected chi connectivity index (χ2v) is 4.00. The summed E-state index contributed by atoms with van der Waals surface area (Å²) in [6.45, 7) is 5.85. The van der Waals surface area contributed by atoms with Crippen molar-refractivity contribution in [1.82, 2.24) is 0 Å². The van der Waals surface area contributed by atoms with Gasteiger partial charge >= 0.3 is 0 Å². The van der Waals surface area contributed by atoms with Gasteiger partial charge in [-0.1, -0.05) is 43.7 Å². The molecule has 0 bridgehead atoms. The third-order valence-corrected chi connectivity index (χ3v) is 2.43. The summed E-state index contributed by atoms with van der Waals surface area (Å²) < 4.78 is 0. The SMILES string of the molecule is [CH2]CCC(C)(Cl)c1ccccc1. The summed E-state index contributed by atoms with van der Waals surface area (Å²) in [5.74, 6) is 0. The third-order valence-electron chi connectivity index (χ3n) is 2.02. The van der Waals surface area contributed by atoms with E-state index in [9.17, 15) is 0 Å². The van der Waals surface area contributed by atoms with Crippen molar-refractivity contribution in [1.29, 1.82) is 0 Å². The lowest BCUT2D eigenvalue weighted by Crippen LogP contribution is -2.12. The Morgan fingerprint density at radius 1 is 1.33 bits per heavy atom. The van der Waals surface area contributed by atoms with Crippen LogP contribution in [0.1, 0.15) is 25.3 Å². The van der Waals surface area contributed by atoms with Crippen LogP contribution in [0.3, 0.4) is 0 Å². The number of halogens is 1. The molecule has 0 fully saturated rings. The quantitative estimate of drug-likeness (QED) is 0.623. The Hall–Kier alpha value is -0.490. The van der Waals surface area contributed by atoms with E-state index >= 15 is 0 Å². The van der Waals surface area contributed by atoms with Crippen molar-refractivity contribution in [2.45, 2.75) is 24.6 Å². The van der Waals surface area contributed by atoms with Gasteiger partial charge in [0.2, 0.25) is 0 Å². The van der Waals surface area contributed by atoms with E-state index in [1.165, 1.54) is 5.56 Å². The van der Waals surface area contributed by atoms with Gasteiger partial charge in [0.05, 0.1) is 4.87 Å². The standard InChI is InChI=1S/C11H14Cl/c1-3-9-11(2,12)10-7-5-4-6-8-10/h4-8H,1,3,9H2,2H3. The zero-order valence-electron chi connectivity index (χ0n) is 7.39. The first-order chi connectivity index (χ1) is 5.67. The fourth-order valence-corrected chi connectivity index (χ4v) is 1.52. The summed E-state index contributed by atoms with van der Waals surface area (Å²) in [7, 11) is 0. The third kappa shape index (κ3) is 2.25. The minimum Gasteiger partial charge on any atom is -0.114 e. The molecule has 1 aromatic carbocycles. The van der Waals surface area contributed by atoms with Crippen LogP contribution in [0, 0.1) is 6.92 Å². The molecule has 1 radical (unpaired) electrons. The Balaban J connectivity index is 2.82. The fourth-order valence-electron chi connectivity index (χ4n) is 1.26. The van der Waals surface area contributed by atoms with Crippen LogP contribution in [0.25, 0.3) is 0 Å². The van der Waals surface area contributed by atoms with Crippen molar-refractivity contribution >= 4 is 11.6 Å². The van der Waals surface area contributed by atoms with E-state index in [1.54, 1.807) is 0 Å². The maximum Gasteiger partial charge on any atom is 0.0666 e. The van der Waals surface area contributed by atoms with Crippen LogP contribution >= 0.6 is 11.6 Å². The van der Waals surface area contributed by atoms with Gasteiger partial charge in [0.1, 0.15) is 0 Å². The van der Waals surface area contributed by atoms with Gasteiger partial charge in [-0.3, -0.25) is 0 Å². The molecule has 0 aliphatic rings. The van der Waals surface area contributed by atoms with Crippen LogP contribution in [0.15, 0.2) is 30.3 Å². The highest BCUT2D eigenvalue weighted by Gasteiger charge is 2.21. The zero-order chi connectivity index (χ0) is 9.03. The van der Waals surface area contributed by atoms with Gasteiger partial charge in [0, 0.05) is 0 Å². The van der Waals surface area contributed by atoms with Crippen LogP contribution < -0.4 is 0 Å². The van der Waals surface area contributed by atoms with Gasteiger partial charge in [-0.2, -0.15) is 0 Å². The number of hydrogen-bond donors (Lipinski definition) is 0. The zero-order valence-corrected chi connectivity index (χ0v) is 8.14. The Kier molecular flexibility index (Phi) is 3.16. The summed E-state index contributed by atoms with van der Waals surface area (Å²) in [6.07, 6.45) is 1.79. The second kappa shape index (κ2) is 3.95. The molecule has 0 aliphatic carbocycles. The normalized spacial score (nSPS) is 15.6. The summed E-state index contributed by atoms with van der Waals surface area (Å²) in [6, 6.07) is 10.1. The van der Waals surface area contributed by atoms with Crippen LogP contribution in [-0.2, 0) is 4.87 Å². The van der Waals surface area contributed by atoms with Crippen LogP contribution in [0.5, 0.6) is 0 Å². The number of benzene rings is 1. The smallest absolute Gasteiger partial charge is 0.0666 e. The molecule has 65 valence electrons. The molecule has 0 aromatic heterocycles. The maximum absolute atomic E-state index is 6.32. The summed E-state index contributed by atoms with van der Waals surface area (Å²) >= 11 is 6.32. The van der Waals surface area contributed by atoms with Crippen LogP contribution in [0.4, 0.5) is 0 Å². The molecule has 0 spiro atoms. The highest BCUT2D eigenvalue weighted by atomic mass is 35.5. The molecule has 0 N–H and O–H groups in total. The van der Waals surface area contributed by atoms with Gasteiger partial charge in [0.25, 0.3) is 0 Å². The number of hydrogen-bond acceptors (Lipinski definition) is 0. The average molecular weight is 182 g/mol. The lowest BCUT2D eigenvalue weighted by Gasteiger charge is -2.21. The lowest BCUT2D eigenvalue weighted by atomic mass is 9.96. The van der Waals surface area contributed by atoms with Crippen molar-refractivity contribution in [3.8, 4) is 0 Å². The molecule has 0 aliphatic heterocycles. The first kappa shape index (κ1) is 9.60. The van der Waals surface area contributed by atoms with Crippen LogP contribution in [0.2, 0.25) is 0 Å². The maximum atomic E-state index is 6.32. The Morgan fingerprint density at radius 3 is 2.42 bits per heavy atom. The first-order valence-corrected chi connectivity index (χ1v) is 4.58. The van der Waals surface area contributed by atoms with Crippen molar-refractivity contribution in [3.63, 3.8) is 0 Å². The Morgan fingerprint density at radius 2 is 1.92 bits per heavy atom. The largest absolute Gasteiger partial charge is 0.114 e. The van der Waals surface area contributed by atoms with Gasteiger partial charge in [-0.25, -0.2) is 0 Å². The molecule has 1 aromatic rings. The Labute approximate surface area is 79.6 Å². The van der Waals surface area contributed by atoms with E-state index < -0.39 is 0 Å². The molecule has 0 heterocycles. The molecule has 0 nitrogen and oxygen atoms in total. The monoisotopic (exact) mass is 181 g/mol. The average Bonchev–Trinajstić information content (AvgIpc) is 2.06. The van der Waals surface area contributed by atoms with E-state index in [0.717, 1.165) is 12.8 Å². The minimum absolute atomic E-state index is 0.247. The van der Waals surface area contributed by atoms with E-state index in [1.807, 2.05) is 25.1 Å². The van der Waals surface area contributed by atoms with Crippen molar-refractivity contribution in [3.05, 3.63) is 42.8 Å². The van der Waals surface area contributed by atoms with Gasteiger partial charge in [-0.05, 0) is 18.9 Å². The summed E-state index contributed by atoms with van der Waals surface area (Å²) in [5.41, 5.74) is 1.18. The molecule has 1 atom stereocenters. The van der Waals surface area contributed by atoms with Crippen molar-refractivity contribution < 1.29 is 0 Å². The highest BCUT2D eigenvalue weighted by Crippen LogP contribution is 2.32. The van der Waals surface area contributed by atoms with Gasteiger partial charge < -0.3 is 0 Å². The number of rotatable bonds is 3. The van der Waals surface area contributed by atoms with Crippen molar-refractivity contribution in [2.75, 3.05) is 0 Å². The molecule has 0 saturated heterocycles. The summed E-state index contributed by atoms with van der Waals surface area (Å²) in [4.78, 5) is -0.247. The molecule has 0 saturated carbocycles. The second-order valence-electron chi connectivity index (χ2n) is 3.17. The first-order valence-electron chi connectivity index (χ1n) is 4.20. The summed E-state index contributed by atoms with van der Waals surface area (Å²) in [5, 5.41) is 0. The lowest BCUT2D eigenvalue weighted by molar-refractivity contribution is 0.615. The molecular formula is C11H14Cl. The molecule has 12 heavy (non-hydrogen) atoms. The van der Waals surface area contributed by atoms with E-state index in [-0.39, 0.29) is 4.87 Å². The van der Waals surface area contributed by atoms with E-state index in [2.05, 4.69) is 19.1 Å². The molecule has 1 rings (SSSR count). The Bertz CT molecular complexity index is 226. The highest BCUT2D eigenvalue weighted by molar-refractivity contribution is 6.23. The predicted octanol–water partition coefficient (Wildman–Crippen LogP) is 3.75. The van der Waals surface area contributed by atoms with Gasteiger partial charge in [0.15, 0.2) is 0 Å². The van der Waals surface area contributed by atoms with E-state index in [4.69, 9.17) is 11.6 Å². The molecular weight excluding hydrogens is 168 g/mol. The van der Waals surface area contributed by atoms with E-state index in [0.29, 0.717) is 0 Å². The molecule has 0 amide bonds. The number of alkyl halides is 1. The van der Waals surface area contributed by atoms with Crippen molar-refractivity contribution in [2.24, 2.45) is 0 Å².